The third-order valence-electron chi connectivity index (χ3n) is 5.10. The van der Waals surface area contributed by atoms with E-state index in [4.69, 9.17) is 44.3 Å². The fourth-order valence-electron chi connectivity index (χ4n) is 3.02. The van der Waals surface area contributed by atoms with E-state index in [0.29, 0.717) is 14.6 Å². The molecule has 0 aliphatic rings. The molecule has 0 bridgehead atoms. The molecular formula is C26H20Br2Cl2F2N4O7S2. The number of sulfonamides is 2. The molecule has 240 valence electrons. The lowest BCUT2D eigenvalue weighted by atomic mass is 10.2. The first-order valence-corrected chi connectivity index (χ1v) is 17.0. The van der Waals surface area contributed by atoms with E-state index in [1.807, 2.05) is 0 Å². The second-order valence-electron chi connectivity index (χ2n) is 8.44. The number of carboxylic acids is 1. The summed E-state index contributed by atoms with van der Waals surface area (Å²) in [5.41, 5.74) is 5.25. The van der Waals surface area contributed by atoms with Crippen LogP contribution in [-0.2, 0) is 20.0 Å². The van der Waals surface area contributed by atoms with Crippen LogP contribution in [0.4, 0.5) is 20.2 Å². The number of nitrogens with two attached hydrogens (primary N) is 3. The van der Waals surface area contributed by atoms with Crippen molar-refractivity contribution in [3.05, 3.63) is 115 Å². The molecule has 45 heavy (non-hydrogen) atoms. The van der Waals surface area contributed by atoms with Gasteiger partial charge in [-0.2, -0.15) is 0 Å². The monoisotopic (exact) mass is 830 g/mol. The van der Waals surface area contributed by atoms with Crippen molar-refractivity contribution in [1.29, 1.82) is 0 Å². The number of nitrogens with one attached hydrogen (secondary N) is 1. The molecule has 8 N–H and O–H groups in total. The van der Waals surface area contributed by atoms with Gasteiger partial charge < -0.3 is 16.2 Å². The number of carboxylic acid groups (broad SMARTS) is 1. The standard InChI is InChI=1S/C13H9BrClFN2O3S.C7H3BrClFO2.C6H8N2O2S/c14-10-5-9(12(16)6-11(10)15)13(19)18-7-2-1-3-8(4-7)22(17,20)21;8-4-1-3(7(11)12)6(10)2-5(4)9;7-5-2-1-3-6(4-5)11(8,9)10/h1-6H,(H,18,19)(H2,17,20,21);1-2H,(H,11,12);1-4H,7H2,(H2,8,9,10). The molecule has 0 heterocycles. The number of halogens is 6. The van der Waals surface area contributed by atoms with Gasteiger partial charge in [-0.3, -0.25) is 4.79 Å². The van der Waals surface area contributed by atoms with Gasteiger partial charge in [0.25, 0.3) is 5.91 Å². The SMILES string of the molecule is NS(=O)(=O)c1cccc(NC(=O)c2cc(Br)c(Cl)cc2F)c1.Nc1cccc(S(N)(=O)=O)c1.O=C(O)c1cc(Br)c(Cl)cc1F. The molecule has 0 aliphatic heterocycles. The first-order chi connectivity index (χ1) is 20.7. The summed E-state index contributed by atoms with van der Waals surface area (Å²) < 4.78 is 71.2. The van der Waals surface area contributed by atoms with E-state index in [1.54, 1.807) is 6.07 Å². The van der Waals surface area contributed by atoms with Gasteiger partial charge in [-0.25, -0.2) is 40.7 Å². The van der Waals surface area contributed by atoms with Crippen LogP contribution in [0.15, 0.2) is 91.5 Å². The molecule has 0 spiro atoms. The van der Waals surface area contributed by atoms with Crippen molar-refractivity contribution in [2.75, 3.05) is 11.1 Å². The summed E-state index contributed by atoms with van der Waals surface area (Å²) in [5, 5.41) is 21.0. The topological polar surface area (TPSA) is 213 Å². The maximum Gasteiger partial charge on any atom is 0.338 e. The zero-order valence-electron chi connectivity index (χ0n) is 22.1. The Kier molecular flexibility index (Phi) is 13.4. The van der Waals surface area contributed by atoms with Crippen LogP contribution in [0.25, 0.3) is 0 Å². The van der Waals surface area contributed by atoms with Gasteiger partial charge in [0, 0.05) is 20.3 Å². The maximum atomic E-state index is 13.8. The molecule has 0 aliphatic carbocycles. The highest BCUT2D eigenvalue weighted by molar-refractivity contribution is 9.10. The van der Waals surface area contributed by atoms with Crippen molar-refractivity contribution >= 4 is 98.4 Å². The molecule has 0 atom stereocenters. The Labute approximate surface area is 282 Å². The minimum atomic E-state index is -3.90. The van der Waals surface area contributed by atoms with Crippen LogP contribution < -0.4 is 21.3 Å². The summed E-state index contributed by atoms with van der Waals surface area (Å²) in [4.78, 5) is 22.3. The quantitative estimate of drug-likeness (QED) is 0.119. The molecule has 4 rings (SSSR count). The van der Waals surface area contributed by atoms with Gasteiger partial charge >= 0.3 is 5.97 Å². The van der Waals surface area contributed by atoms with Crippen LogP contribution in [0.2, 0.25) is 10.0 Å². The molecular weight excluding hydrogens is 813 g/mol. The Morgan fingerprint density at radius 3 is 1.62 bits per heavy atom. The summed E-state index contributed by atoms with van der Waals surface area (Å²) >= 11 is 17.3. The molecule has 0 fully saturated rings. The highest BCUT2D eigenvalue weighted by Crippen LogP contribution is 2.27. The summed E-state index contributed by atoms with van der Waals surface area (Å²) in [6.07, 6.45) is 0. The Morgan fingerprint density at radius 1 is 0.733 bits per heavy atom. The van der Waals surface area contributed by atoms with E-state index < -0.39 is 49.1 Å². The van der Waals surface area contributed by atoms with Crippen LogP contribution in [0.3, 0.4) is 0 Å². The van der Waals surface area contributed by atoms with Gasteiger partial charge in [-0.05, 0) is 92.5 Å². The summed E-state index contributed by atoms with van der Waals surface area (Å²) in [6, 6.07) is 15.5. The average Bonchev–Trinajstić information content (AvgIpc) is 2.92. The van der Waals surface area contributed by atoms with E-state index in [-0.39, 0.29) is 31.1 Å². The molecule has 19 heteroatoms. The van der Waals surface area contributed by atoms with Crippen LogP contribution in [0, 0.1) is 11.6 Å². The van der Waals surface area contributed by atoms with Crippen molar-refractivity contribution in [2.45, 2.75) is 9.79 Å². The fraction of sp³-hybridized carbons (Fsp3) is 0. The number of rotatable bonds is 5. The lowest BCUT2D eigenvalue weighted by Gasteiger charge is -2.08. The van der Waals surface area contributed by atoms with E-state index in [1.165, 1.54) is 48.5 Å². The van der Waals surface area contributed by atoms with Crippen LogP contribution in [-0.4, -0.2) is 33.8 Å². The third kappa shape index (κ3) is 11.6. The zero-order chi connectivity index (χ0) is 34.3. The minimum absolute atomic E-state index is 0.0394. The normalized spacial score (nSPS) is 10.9. The van der Waals surface area contributed by atoms with Crippen LogP contribution in [0.5, 0.6) is 0 Å². The Morgan fingerprint density at radius 2 is 1.18 bits per heavy atom. The largest absolute Gasteiger partial charge is 0.478 e. The lowest BCUT2D eigenvalue weighted by Crippen LogP contribution is -2.16. The molecule has 0 saturated heterocycles. The second kappa shape index (κ2) is 15.9. The van der Waals surface area contributed by atoms with E-state index in [9.17, 15) is 35.2 Å². The van der Waals surface area contributed by atoms with Gasteiger partial charge in [0.15, 0.2) is 0 Å². The number of hydrogen-bond acceptors (Lipinski definition) is 7. The molecule has 0 aromatic heterocycles. The van der Waals surface area contributed by atoms with Gasteiger partial charge in [-0.15, -0.1) is 0 Å². The molecule has 4 aromatic rings. The summed E-state index contributed by atoms with van der Waals surface area (Å²) in [6.45, 7) is 0. The molecule has 11 nitrogen and oxygen atoms in total. The van der Waals surface area contributed by atoms with Crippen LogP contribution >= 0.6 is 55.1 Å². The number of hydrogen-bond donors (Lipinski definition) is 5. The summed E-state index contributed by atoms with van der Waals surface area (Å²) in [7, 11) is -7.50. The average molecular weight is 833 g/mol. The molecule has 0 saturated carbocycles. The fourth-order valence-corrected chi connectivity index (χ4v) is 5.14. The highest BCUT2D eigenvalue weighted by atomic mass is 79.9. The Bertz CT molecular complexity index is 1990. The smallest absolute Gasteiger partial charge is 0.338 e. The molecule has 0 radical (unpaired) electrons. The number of aromatic carboxylic acids is 1. The van der Waals surface area contributed by atoms with Crippen molar-refractivity contribution in [2.24, 2.45) is 10.3 Å². The minimum Gasteiger partial charge on any atom is -0.478 e. The third-order valence-corrected chi connectivity index (χ3v) is 9.32. The van der Waals surface area contributed by atoms with E-state index >= 15 is 0 Å². The summed E-state index contributed by atoms with van der Waals surface area (Å²) in [5.74, 6) is -3.70. The number of carbonyl (C=O) groups is 2. The lowest BCUT2D eigenvalue weighted by molar-refractivity contribution is 0.0691. The van der Waals surface area contributed by atoms with Crippen LogP contribution in [0.1, 0.15) is 20.7 Å². The van der Waals surface area contributed by atoms with Gasteiger partial charge in [0.1, 0.15) is 11.6 Å². The number of anilines is 2. The number of nitrogen functional groups attached to an aromatic ring is 1. The number of primary sulfonamides is 2. The Balaban J connectivity index is 0.000000259. The molecule has 4 aromatic carbocycles. The maximum absolute atomic E-state index is 13.8. The number of carbonyl (C=O) groups excluding carboxylic acids is 1. The molecule has 1 amide bonds. The Hall–Kier alpha value is -3.16. The van der Waals surface area contributed by atoms with Gasteiger partial charge in [0.05, 0.1) is 31.0 Å². The first-order valence-electron chi connectivity index (χ1n) is 11.6. The van der Waals surface area contributed by atoms with Gasteiger partial charge in [-0.1, -0.05) is 35.3 Å². The predicted molar refractivity (Wildman–Crippen MR) is 173 cm³/mol. The van der Waals surface area contributed by atoms with Crippen molar-refractivity contribution in [1.82, 2.24) is 0 Å². The van der Waals surface area contributed by atoms with Crippen molar-refractivity contribution < 1.29 is 40.3 Å². The highest BCUT2D eigenvalue weighted by Gasteiger charge is 2.16. The van der Waals surface area contributed by atoms with Gasteiger partial charge in [0.2, 0.25) is 20.0 Å². The van der Waals surface area contributed by atoms with E-state index in [0.717, 1.165) is 18.2 Å². The van der Waals surface area contributed by atoms with Crippen molar-refractivity contribution in [3.63, 3.8) is 0 Å². The number of benzene rings is 4. The first kappa shape index (κ1) is 38.0. The zero-order valence-corrected chi connectivity index (χ0v) is 28.5. The predicted octanol–water partition coefficient (Wildman–Crippen LogP) is 6.00. The van der Waals surface area contributed by atoms with Crippen molar-refractivity contribution in [3.8, 4) is 0 Å². The molecule has 0 unspecified atom stereocenters. The second-order valence-corrected chi connectivity index (χ2v) is 14.1. The van der Waals surface area contributed by atoms with E-state index in [2.05, 4.69) is 37.2 Å². The number of amides is 1.